The first kappa shape index (κ1) is 16.0. The Bertz CT molecular complexity index is 971. The van der Waals surface area contributed by atoms with Gasteiger partial charge < -0.3 is 5.11 Å². The fraction of sp³-hybridized carbons (Fsp3) is 0. The maximum atomic E-state index is 12.3. The molecular formula is C16H8N2O7. The van der Waals surface area contributed by atoms with Gasteiger partial charge in [0, 0.05) is 22.8 Å². The Hall–Kier alpha value is -3.88. The van der Waals surface area contributed by atoms with Crippen molar-refractivity contribution in [1.29, 1.82) is 0 Å². The molecule has 9 nitrogen and oxygen atoms in total. The van der Waals surface area contributed by atoms with Crippen molar-refractivity contribution >= 4 is 29.0 Å². The maximum Gasteiger partial charge on any atom is 0.318 e. The Balaban J connectivity index is 2.20. The summed E-state index contributed by atoms with van der Waals surface area (Å²) >= 11 is 0. The number of nitrogens with zero attached hydrogens (tertiary/aromatic N) is 2. The van der Waals surface area contributed by atoms with Crippen LogP contribution < -0.4 is 0 Å². The van der Waals surface area contributed by atoms with Gasteiger partial charge in [0.25, 0.3) is 5.69 Å². The molecule has 2 aromatic carbocycles. The minimum Gasteiger partial charge on any atom is -0.502 e. The number of ketones is 2. The van der Waals surface area contributed by atoms with Crippen molar-refractivity contribution in [3.05, 3.63) is 78.9 Å². The molecule has 1 aliphatic carbocycles. The van der Waals surface area contributed by atoms with Crippen molar-refractivity contribution in [2.45, 2.75) is 0 Å². The highest BCUT2D eigenvalue weighted by molar-refractivity contribution is 6.41. The number of phenols is 1. The quantitative estimate of drug-likeness (QED) is 0.392. The molecule has 0 fully saturated rings. The fourth-order valence-electron chi connectivity index (χ4n) is 2.54. The number of benzene rings is 2. The zero-order valence-electron chi connectivity index (χ0n) is 12.3. The lowest BCUT2D eigenvalue weighted by Gasteiger charge is -2.02. The topological polar surface area (TPSA) is 141 Å². The number of rotatable bonds is 3. The molecule has 0 aromatic heterocycles. The Morgan fingerprint density at radius 2 is 1.48 bits per heavy atom. The standard InChI is InChI=1S/C16H8N2O7/c19-14-8(5-9(17(22)23)7-13(14)18(24)25)6-12-15(20)10-3-1-2-4-11(10)16(12)21/h1-7,19H. The van der Waals surface area contributed by atoms with Gasteiger partial charge in [-0.2, -0.15) is 0 Å². The minimum absolute atomic E-state index is 0.165. The van der Waals surface area contributed by atoms with Crippen LogP contribution in [0.25, 0.3) is 6.08 Å². The van der Waals surface area contributed by atoms with Crippen LogP contribution in [0.2, 0.25) is 0 Å². The fourth-order valence-corrected chi connectivity index (χ4v) is 2.54. The average Bonchev–Trinajstić information content (AvgIpc) is 2.81. The summed E-state index contributed by atoms with van der Waals surface area (Å²) in [6.07, 6.45) is 0.931. The van der Waals surface area contributed by atoms with Crippen LogP contribution in [0.1, 0.15) is 26.3 Å². The van der Waals surface area contributed by atoms with Crippen LogP contribution in [0.3, 0.4) is 0 Å². The molecule has 124 valence electrons. The normalized spacial score (nSPS) is 12.9. The zero-order valence-corrected chi connectivity index (χ0v) is 12.3. The molecule has 0 unspecified atom stereocenters. The van der Waals surface area contributed by atoms with Gasteiger partial charge in [0.2, 0.25) is 5.75 Å². The van der Waals surface area contributed by atoms with E-state index in [1.165, 1.54) is 12.1 Å². The van der Waals surface area contributed by atoms with Crippen molar-refractivity contribution in [2.75, 3.05) is 0 Å². The van der Waals surface area contributed by atoms with Crippen molar-refractivity contribution in [2.24, 2.45) is 0 Å². The number of carbonyl (C=O) groups is 2. The van der Waals surface area contributed by atoms with Crippen LogP contribution in [0, 0.1) is 20.2 Å². The van der Waals surface area contributed by atoms with Gasteiger partial charge in [0.15, 0.2) is 11.6 Å². The maximum absolute atomic E-state index is 12.3. The third-order valence-corrected chi connectivity index (χ3v) is 3.72. The second kappa shape index (κ2) is 5.64. The number of hydrogen-bond donors (Lipinski definition) is 1. The number of fused-ring (bicyclic) bond motifs is 1. The molecule has 25 heavy (non-hydrogen) atoms. The van der Waals surface area contributed by atoms with E-state index in [1.54, 1.807) is 12.1 Å². The molecule has 0 saturated heterocycles. The van der Waals surface area contributed by atoms with Gasteiger partial charge in [-0.1, -0.05) is 24.3 Å². The van der Waals surface area contributed by atoms with Gasteiger partial charge in [-0.15, -0.1) is 0 Å². The number of non-ortho nitro benzene ring substituents is 1. The number of aromatic hydroxyl groups is 1. The summed E-state index contributed by atoms with van der Waals surface area (Å²) < 4.78 is 0. The lowest BCUT2D eigenvalue weighted by Crippen LogP contribution is -2.01. The summed E-state index contributed by atoms with van der Waals surface area (Å²) in [7, 11) is 0. The van der Waals surface area contributed by atoms with Crippen molar-refractivity contribution in [1.82, 2.24) is 0 Å². The monoisotopic (exact) mass is 340 g/mol. The summed E-state index contributed by atoms with van der Waals surface area (Å²) in [5, 5.41) is 31.9. The summed E-state index contributed by atoms with van der Waals surface area (Å²) in [4.78, 5) is 44.7. The number of Topliss-reactive ketones (excluding diaryl/α,β-unsaturated/α-hetero) is 2. The highest BCUT2D eigenvalue weighted by Crippen LogP contribution is 2.37. The van der Waals surface area contributed by atoms with E-state index in [9.17, 15) is 34.9 Å². The second-order valence-electron chi connectivity index (χ2n) is 5.18. The Labute approximate surface area is 139 Å². The molecule has 0 spiro atoms. The van der Waals surface area contributed by atoms with Gasteiger partial charge >= 0.3 is 5.69 Å². The molecular weight excluding hydrogens is 332 g/mol. The molecule has 1 N–H and O–H groups in total. The van der Waals surface area contributed by atoms with E-state index in [1.807, 2.05) is 0 Å². The highest BCUT2D eigenvalue weighted by atomic mass is 16.6. The summed E-state index contributed by atoms with van der Waals surface area (Å²) in [6.45, 7) is 0. The van der Waals surface area contributed by atoms with Gasteiger partial charge in [0.05, 0.1) is 21.5 Å². The number of nitro benzene ring substituents is 2. The summed E-state index contributed by atoms with van der Waals surface area (Å²) in [6, 6.07) is 7.51. The third kappa shape index (κ3) is 2.53. The first-order valence-electron chi connectivity index (χ1n) is 6.87. The highest BCUT2D eigenvalue weighted by Gasteiger charge is 2.33. The van der Waals surface area contributed by atoms with E-state index in [0.29, 0.717) is 6.07 Å². The number of carbonyl (C=O) groups excluding carboxylic acids is 2. The second-order valence-corrected chi connectivity index (χ2v) is 5.18. The van der Waals surface area contributed by atoms with Crippen LogP contribution in [0.4, 0.5) is 11.4 Å². The first-order valence-corrected chi connectivity index (χ1v) is 6.87. The van der Waals surface area contributed by atoms with Gasteiger partial charge in [-0.25, -0.2) is 0 Å². The van der Waals surface area contributed by atoms with Crippen molar-refractivity contribution in [3.63, 3.8) is 0 Å². The van der Waals surface area contributed by atoms with Gasteiger partial charge in [0.1, 0.15) is 0 Å². The molecule has 0 bridgehead atoms. The summed E-state index contributed by atoms with van der Waals surface area (Å²) in [5.41, 5.74) is -1.89. The van der Waals surface area contributed by atoms with Gasteiger partial charge in [-0.05, 0) is 6.08 Å². The molecule has 0 radical (unpaired) electrons. The molecule has 0 aliphatic heterocycles. The third-order valence-electron chi connectivity index (χ3n) is 3.72. The Morgan fingerprint density at radius 1 is 0.920 bits per heavy atom. The average molecular weight is 340 g/mol. The number of phenolic OH excluding ortho intramolecular Hbond substituents is 1. The lowest BCUT2D eigenvalue weighted by molar-refractivity contribution is -0.394. The van der Waals surface area contributed by atoms with Crippen LogP contribution in [-0.2, 0) is 0 Å². The predicted octanol–water partition coefficient (Wildman–Crippen LogP) is 2.67. The van der Waals surface area contributed by atoms with E-state index in [4.69, 9.17) is 0 Å². The van der Waals surface area contributed by atoms with E-state index in [-0.39, 0.29) is 22.3 Å². The Morgan fingerprint density at radius 3 is 1.96 bits per heavy atom. The molecule has 1 aliphatic rings. The molecule has 0 heterocycles. The molecule has 9 heteroatoms. The van der Waals surface area contributed by atoms with Crippen LogP contribution in [-0.4, -0.2) is 26.5 Å². The van der Waals surface area contributed by atoms with Crippen LogP contribution in [0.5, 0.6) is 5.75 Å². The van der Waals surface area contributed by atoms with Crippen molar-refractivity contribution in [3.8, 4) is 5.75 Å². The largest absolute Gasteiger partial charge is 0.502 e. The predicted molar refractivity (Wildman–Crippen MR) is 84.5 cm³/mol. The van der Waals surface area contributed by atoms with Gasteiger partial charge in [-0.3, -0.25) is 29.8 Å². The lowest BCUT2D eigenvalue weighted by atomic mass is 10.0. The number of hydrogen-bond acceptors (Lipinski definition) is 7. The molecule has 0 amide bonds. The van der Waals surface area contributed by atoms with Crippen LogP contribution in [0.15, 0.2) is 42.0 Å². The van der Waals surface area contributed by atoms with E-state index < -0.39 is 38.5 Å². The molecule has 0 saturated carbocycles. The minimum atomic E-state index is -0.989. The first-order chi connectivity index (χ1) is 11.8. The van der Waals surface area contributed by atoms with Crippen LogP contribution >= 0.6 is 0 Å². The SMILES string of the molecule is O=C1C(=Cc2cc([N+](=O)[O-])cc([N+](=O)[O-])c2O)C(=O)c2ccccc21. The molecule has 0 atom stereocenters. The smallest absolute Gasteiger partial charge is 0.318 e. The van der Waals surface area contributed by atoms with E-state index in [2.05, 4.69) is 0 Å². The van der Waals surface area contributed by atoms with E-state index in [0.717, 1.165) is 12.1 Å². The summed E-state index contributed by atoms with van der Waals surface area (Å²) in [5.74, 6) is -2.09. The molecule has 3 rings (SSSR count). The zero-order chi connectivity index (χ0) is 18.3. The molecule has 2 aromatic rings. The van der Waals surface area contributed by atoms with E-state index >= 15 is 0 Å². The number of allylic oxidation sites excluding steroid dienone is 1. The number of nitro groups is 2. The Kier molecular flexibility index (Phi) is 3.61. The van der Waals surface area contributed by atoms with Crippen molar-refractivity contribution < 1.29 is 24.5 Å².